The second-order valence-corrected chi connectivity index (χ2v) is 1.86. The molecule has 3 radical (unpaired) electrons. The Kier molecular flexibility index (Phi) is 3.17. The topological polar surface area (TPSA) is 0 Å². The van der Waals surface area contributed by atoms with Gasteiger partial charge < -0.3 is 0 Å². The van der Waals surface area contributed by atoms with Crippen molar-refractivity contribution >= 4 is 8.41 Å². The first kappa shape index (κ1) is 10.1. The molecule has 0 heterocycles. The van der Waals surface area contributed by atoms with Crippen LogP contribution >= 0.6 is 0 Å². The van der Waals surface area contributed by atoms with E-state index in [9.17, 15) is 13.2 Å². The van der Waals surface area contributed by atoms with Gasteiger partial charge in [0.2, 0.25) is 0 Å². The summed E-state index contributed by atoms with van der Waals surface area (Å²) in [4.78, 5) is 0. The highest BCUT2D eigenvalue weighted by molar-refractivity contribution is 5.75. The zero-order valence-corrected chi connectivity index (χ0v) is 5.60. The summed E-state index contributed by atoms with van der Waals surface area (Å²) in [6, 6.07) is 6.36. The molecule has 0 aliphatic carbocycles. The van der Waals surface area contributed by atoms with Crippen molar-refractivity contribution in [3.8, 4) is 0 Å². The van der Waals surface area contributed by atoms with Crippen LogP contribution in [0.4, 0.5) is 13.2 Å². The van der Waals surface area contributed by atoms with Crippen LogP contribution in [0, 0.1) is 0 Å². The molecule has 1 rings (SSSR count). The minimum absolute atomic E-state index is 0. The highest BCUT2D eigenvalue weighted by Gasteiger charge is 2.29. The Morgan fingerprint density at radius 2 is 1.36 bits per heavy atom. The molecule has 0 saturated carbocycles. The van der Waals surface area contributed by atoms with E-state index in [0.717, 1.165) is 12.1 Å². The van der Waals surface area contributed by atoms with Crippen LogP contribution in [0.2, 0.25) is 0 Å². The van der Waals surface area contributed by atoms with Gasteiger partial charge in [-0.2, -0.15) is 13.2 Å². The molecule has 11 heavy (non-hydrogen) atoms. The van der Waals surface area contributed by atoms with E-state index in [1.807, 2.05) is 0 Å². The van der Waals surface area contributed by atoms with Crippen molar-refractivity contribution in [3.05, 3.63) is 35.9 Å². The van der Waals surface area contributed by atoms with Crippen molar-refractivity contribution in [1.82, 2.24) is 0 Å². The molecule has 1 aromatic rings. The molecule has 57 valence electrons. The Labute approximate surface area is 64.6 Å². The van der Waals surface area contributed by atoms with Crippen LogP contribution in [-0.2, 0) is 6.18 Å². The molecule has 0 aliphatic heterocycles. The molecule has 4 heteroatoms. The molecule has 0 amide bonds. The molecule has 0 unspecified atom stereocenters. The van der Waals surface area contributed by atoms with E-state index in [-0.39, 0.29) is 8.41 Å². The lowest BCUT2D eigenvalue weighted by molar-refractivity contribution is -0.137. The van der Waals surface area contributed by atoms with E-state index in [1.165, 1.54) is 12.1 Å². The average molecular weight is 157 g/mol. The van der Waals surface area contributed by atoms with Gasteiger partial charge in [-0.3, -0.25) is 0 Å². The summed E-state index contributed by atoms with van der Waals surface area (Å²) < 4.78 is 35.4. The van der Waals surface area contributed by atoms with Crippen molar-refractivity contribution in [1.29, 1.82) is 0 Å². The summed E-state index contributed by atoms with van der Waals surface area (Å²) in [6.45, 7) is 0. The third-order valence-corrected chi connectivity index (χ3v) is 1.10. The molecule has 0 spiro atoms. The summed E-state index contributed by atoms with van der Waals surface area (Å²) in [5, 5.41) is 0. The third-order valence-electron chi connectivity index (χ3n) is 1.10. The fourth-order valence-electron chi connectivity index (χ4n) is 0.627. The van der Waals surface area contributed by atoms with Gasteiger partial charge in [0, 0.05) is 8.41 Å². The summed E-state index contributed by atoms with van der Waals surface area (Å²) >= 11 is 0. The first-order chi connectivity index (χ1) is 4.61. The molecule has 0 atom stereocenters. The molecule has 0 nitrogen and oxygen atoms in total. The van der Waals surface area contributed by atoms with Crippen LogP contribution in [0.3, 0.4) is 0 Å². The van der Waals surface area contributed by atoms with Gasteiger partial charge in [-0.1, -0.05) is 30.3 Å². The fourth-order valence-corrected chi connectivity index (χ4v) is 0.627. The van der Waals surface area contributed by atoms with E-state index in [1.54, 1.807) is 6.07 Å². The van der Waals surface area contributed by atoms with Gasteiger partial charge in [-0.15, -0.1) is 0 Å². The van der Waals surface area contributed by atoms with Crippen molar-refractivity contribution in [2.45, 2.75) is 6.18 Å². The average Bonchev–Trinajstić information content (AvgIpc) is 1.88. The predicted molar refractivity (Wildman–Crippen MR) is 37.2 cm³/mol. The fraction of sp³-hybridized carbons (Fsp3) is 0.143. The molecule has 0 saturated heterocycles. The van der Waals surface area contributed by atoms with Gasteiger partial charge in [0.1, 0.15) is 0 Å². The minimum Gasteiger partial charge on any atom is -0.166 e. The smallest absolute Gasteiger partial charge is 0.166 e. The molecule has 0 fully saturated rings. The van der Waals surface area contributed by atoms with Crippen molar-refractivity contribution in [2.75, 3.05) is 0 Å². The molecular formula is C7H5BF3. The van der Waals surface area contributed by atoms with Crippen molar-refractivity contribution in [2.24, 2.45) is 0 Å². The Morgan fingerprint density at radius 3 is 1.64 bits per heavy atom. The first-order valence-electron chi connectivity index (χ1n) is 2.73. The van der Waals surface area contributed by atoms with E-state index < -0.39 is 11.7 Å². The van der Waals surface area contributed by atoms with E-state index >= 15 is 0 Å². The molecular weight excluding hydrogens is 152 g/mol. The lowest BCUT2D eigenvalue weighted by Crippen LogP contribution is -2.03. The maximum Gasteiger partial charge on any atom is 0.416 e. The molecule has 0 aliphatic rings. The van der Waals surface area contributed by atoms with Crippen LogP contribution in [0.1, 0.15) is 5.56 Å². The Hall–Kier alpha value is -0.925. The first-order valence-corrected chi connectivity index (χ1v) is 2.73. The standard InChI is InChI=1S/C7H5F3.B/c8-7(9,10)6-4-2-1-3-5-6;/h1-5H;. The van der Waals surface area contributed by atoms with E-state index in [4.69, 9.17) is 0 Å². The largest absolute Gasteiger partial charge is 0.416 e. The molecule has 0 N–H and O–H groups in total. The van der Waals surface area contributed by atoms with Crippen LogP contribution in [0.15, 0.2) is 30.3 Å². The highest BCUT2D eigenvalue weighted by atomic mass is 19.4. The Morgan fingerprint density at radius 1 is 0.909 bits per heavy atom. The predicted octanol–water partition coefficient (Wildman–Crippen LogP) is 2.32. The van der Waals surface area contributed by atoms with Crippen LogP contribution in [0.5, 0.6) is 0 Å². The monoisotopic (exact) mass is 157 g/mol. The van der Waals surface area contributed by atoms with Gasteiger partial charge in [-0.25, -0.2) is 0 Å². The quantitative estimate of drug-likeness (QED) is 0.507. The zero-order chi connectivity index (χ0) is 7.61. The third kappa shape index (κ3) is 2.66. The molecule has 1 aromatic carbocycles. The van der Waals surface area contributed by atoms with Gasteiger partial charge in [0.05, 0.1) is 5.56 Å². The van der Waals surface area contributed by atoms with Crippen LogP contribution in [0.25, 0.3) is 0 Å². The van der Waals surface area contributed by atoms with Crippen LogP contribution < -0.4 is 0 Å². The number of halogens is 3. The normalized spacial score (nSPS) is 10.5. The van der Waals surface area contributed by atoms with Gasteiger partial charge >= 0.3 is 6.18 Å². The summed E-state index contributed by atoms with van der Waals surface area (Å²) in [7, 11) is 0. The van der Waals surface area contributed by atoms with Gasteiger partial charge in [-0.05, 0) is 0 Å². The van der Waals surface area contributed by atoms with E-state index in [0.29, 0.717) is 0 Å². The van der Waals surface area contributed by atoms with Crippen molar-refractivity contribution < 1.29 is 13.2 Å². The Bertz CT molecular complexity index is 205. The molecule has 0 aromatic heterocycles. The van der Waals surface area contributed by atoms with Crippen LogP contribution in [-0.4, -0.2) is 8.41 Å². The summed E-state index contributed by atoms with van der Waals surface area (Å²) in [5.74, 6) is 0. The number of rotatable bonds is 0. The lowest BCUT2D eigenvalue weighted by atomic mass is 10.2. The number of hydrogen-bond donors (Lipinski definition) is 0. The second kappa shape index (κ2) is 3.46. The maximum absolute atomic E-state index is 11.8. The Balaban J connectivity index is 0.000001000. The maximum atomic E-state index is 11.8. The number of benzene rings is 1. The minimum atomic E-state index is -4.21. The molecule has 0 bridgehead atoms. The lowest BCUT2D eigenvalue weighted by Gasteiger charge is -2.03. The number of alkyl halides is 3. The van der Waals surface area contributed by atoms with Gasteiger partial charge in [0.25, 0.3) is 0 Å². The second-order valence-electron chi connectivity index (χ2n) is 1.86. The zero-order valence-electron chi connectivity index (χ0n) is 5.60. The SMILES string of the molecule is FC(F)(F)c1ccccc1.[B]. The van der Waals surface area contributed by atoms with Crippen molar-refractivity contribution in [3.63, 3.8) is 0 Å². The highest BCUT2D eigenvalue weighted by Crippen LogP contribution is 2.28. The summed E-state index contributed by atoms with van der Waals surface area (Å²) in [5.41, 5.74) is -0.602. The summed E-state index contributed by atoms with van der Waals surface area (Å²) in [6.07, 6.45) is -4.21. The van der Waals surface area contributed by atoms with E-state index in [2.05, 4.69) is 0 Å². The van der Waals surface area contributed by atoms with Gasteiger partial charge in [0.15, 0.2) is 0 Å². The number of hydrogen-bond acceptors (Lipinski definition) is 0.